The fraction of sp³-hybridized carbons (Fsp3) is 0.480. The van der Waals surface area contributed by atoms with Crippen LogP contribution in [0.3, 0.4) is 0 Å². The molecule has 8 nitrogen and oxygen atoms in total. The largest absolute Gasteiger partial charge is 0.310 e. The third-order valence-corrected chi connectivity index (χ3v) is 6.01. The second-order valence-electron chi connectivity index (χ2n) is 9.12. The first-order chi connectivity index (χ1) is 16.8. The molecule has 10 heteroatoms. The van der Waals surface area contributed by atoms with Crippen molar-refractivity contribution in [1.29, 1.82) is 0 Å². The van der Waals surface area contributed by atoms with Gasteiger partial charge < -0.3 is 4.57 Å². The smallest absolute Gasteiger partial charge is 0.308 e. The van der Waals surface area contributed by atoms with Crippen molar-refractivity contribution < 1.29 is 8.78 Å². The number of benzene rings is 1. The van der Waals surface area contributed by atoms with Crippen LogP contribution in [0, 0.1) is 0 Å². The van der Waals surface area contributed by atoms with Gasteiger partial charge in [0, 0.05) is 24.2 Å². The lowest BCUT2D eigenvalue weighted by molar-refractivity contribution is -0.0232. The summed E-state index contributed by atoms with van der Waals surface area (Å²) in [5.41, 5.74) is 3.93. The van der Waals surface area contributed by atoms with E-state index in [1.54, 1.807) is 11.6 Å². The summed E-state index contributed by atoms with van der Waals surface area (Å²) in [6, 6.07) is 12.1. The molecule has 4 rings (SSSR count). The van der Waals surface area contributed by atoms with E-state index in [1.165, 1.54) is 0 Å². The van der Waals surface area contributed by atoms with E-state index >= 15 is 0 Å². The van der Waals surface area contributed by atoms with Crippen molar-refractivity contribution in [1.82, 2.24) is 40.0 Å². The van der Waals surface area contributed by atoms with Gasteiger partial charge in [0.25, 0.3) is 0 Å². The highest BCUT2D eigenvalue weighted by Crippen LogP contribution is 2.31. The van der Waals surface area contributed by atoms with Gasteiger partial charge in [-0.25, -0.2) is 14.8 Å². The van der Waals surface area contributed by atoms with Crippen molar-refractivity contribution in [2.75, 3.05) is 0 Å². The predicted molar refractivity (Wildman–Crippen MR) is 130 cm³/mol. The van der Waals surface area contributed by atoms with Crippen molar-refractivity contribution >= 4 is 0 Å². The van der Waals surface area contributed by atoms with Crippen LogP contribution < -0.4 is 0 Å². The van der Waals surface area contributed by atoms with Crippen molar-refractivity contribution in [2.45, 2.75) is 78.2 Å². The van der Waals surface area contributed by atoms with Crippen LogP contribution in [0.2, 0.25) is 0 Å². The second kappa shape index (κ2) is 10.5. The summed E-state index contributed by atoms with van der Waals surface area (Å²) in [6.45, 7) is 8.47. The quantitative estimate of drug-likeness (QED) is 0.298. The van der Waals surface area contributed by atoms with Crippen molar-refractivity contribution in [3.8, 4) is 17.2 Å². The van der Waals surface area contributed by atoms with Gasteiger partial charge in [0.15, 0.2) is 5.82 Å². The maximum Gasteiger partial charge on any atom is 0.308 e. The summed E-state index contributed by atoms with van der Waals surface area (Å²) in [7, 11) is 0. The first kappa shape index (κ1) is 24.7. The maximum absolute atomic E-state index is 14.5. The van der Waals surface area contributed by atoms with Gasteiger partial charge in [-0.2, -0.15) is 8.78 Å². The molecule has 0 amide bonds. The molecule has 1 N–H and O–H groups in total. The minimum atomic E-state index is -3.02. The van der Waals surface area contributed by atoms with Gasteiger partial charge in [-0.3, -0.25) is 0 Å². The molecule has 3 heterocycles. The average Bonchev–Trinajstić information content (AvgIpc) is 3.58. The average molecular weight is 483 g/mol. The summed E-state index contributed by atoms with van der Waals surface area (Å²) in [5.74, 6) is -1.91. The Morgan fingerprint density at radius 3 is 2.43 bits per heavy atom. The third-order valence-electron chi connectivity index (χ3n) is 6.01. The zero-order chi connectivity index (χ0) is 25.0. The number of aryl methyl sites for hydroxylation is 1. The second-order valence-corrected chi connectivity index (χ2v) is 9.12. The highest BCUT2D eigenvalue weighted by molar-refractivity contribution is 5.57. The summed E-state index contributed by atoms with van der Waals surface area (Å²) < 4.78 is 32.8. The van der Waals surface area contributed by atoms with Crippen LogP contribution in [0.1, 0.15) is 82.2 Å². The summed E-state index contributed by atoms with van der Waals surface area (Å²) >= 11 is 0. The van der Waals surface area contributed by atoms with Crippen LogP contribution in [0.15, 0.2) is 36.4 Å². The Labute approximate surface area is 203 Å². The van der Waals surface area contributed by atoms with Gasteiger partial charge in [0.05, 0.1) is 12.2 Å². The van der Waals surface area contributed by atoms with Crippen molar-refractivity contribution in [2.24, 2.45) is 0 Å². The monoisotopic (exact) mass is 482 g/mol. The van der Waals surface area contributed by atoms with Gasteiger partial charge in [-0.1, -0.05) is 46.2 Å². The normalized spacial score (nSPS) is 12.1. The fourth-order valence-electron chi connectivity index (χ4n) is 4.17. The fourth-order valence-corrected chi connectivity index (χ4v) is 4.17. The van der Waals surface area contributed by atoms with Gasteiger partial charge >= 0.3 is 5.92 Å². The molecule has 0 atom stereocenters. The van der Waals surface area contributed by atoms with E-state index in [1.807, 2.05) is 30.3 Å². The molecule has 0 aliphatic carbocycles. The van der Waals surface area contributed by atoms with E-state index in [9.17, 15) is 8.78 Å². The van der Waals surface area contributed by atoms with Crippen LogP contribution in [-0.4, -0.2) is 40.0 Å². The third kappa shape index (κ3) is 5.31. The molecule has 1 aromatic carbocycles. The predicted octanol–water partition coefficient (Wildman–Crippen LogP) is 5.66. The van der Waals surface area contributed by atoms with Crippen LogP contribution in [0.25, 0.3) is 17.2 Å². The van der Waals surface area contributed by atoms with Crippen LogP contribution >= 0.6 is 0 Å². The Morgan fingerprint density at radius 1 is 1.03 bits per heavy atom. The van der Waals surface area contributed by atoms with E-state index in [2.05, 4.69) is 62.1 Å². The standard InChI is InChI=1S/C25H32F2N8/c1-5-7-8-22-28-24(25(26,27)15-6-2)31-34(22)16-18-9-11-19(12-10-18)35-20(17(3)4)13-14-21(35)23-29-32-33-30-23/h9-14,17H,5-8,15-16H2,1-4H3,(H,29,30,32,33). The zero-order valence-electron chi connectivity index (χ0n) is 20.7. The Kier molecular flexibility index (Phi) is 7.37. The number of tetrazole rings is 1. The minimum absolute atomic E-state index is 0.253. The molecule has 186 valence electrons. The first-order valence-electron chi connectivity index (χ1n) is 12.2. The maximum atomic E-state index is 14.5. The molecule has 3 aromatic heterocycles. The zero-order valence-corrected chi connectivity index (χ0v) is 20.7. The molecule has 0 aliphatic heterocycles. The van der Waals surface area contributed by atoms with Crippen LogP contribution in [-0.2, 0) is 18.9 Å². The summed E-state index contributed by atoms with van der Waals surface area (Å²) in [4.78, 5) is 4.24. The molecule has 0 spiro atoms. The van der Waals surface area contributed by atoms with E-state index < -0.39 is 5.92 Å². The van der Waals surface area contributed by atoms with Crippen LogP contribution in [0.4, 0.5) is 8.78 Å². The molecule has 0 aliphatic rings. The van der Waals surface area contributed by atoms with Crippen molar-refractivity contribution in [3.63, 3.8) is 0 Å². The number of H-pyrrole nitrogens is 1. The number of halogens is 2. The molecule has 0 saturated heterocycles. The summed E-state index contributed by atoms with van der Waals surface area (Å²) in [5, 5.41) is 18.5. The van der Waals surface area contributed by atoms with Crippen molar-refractivity contribution in [3.05, 3.63) is 59.3 Å². The lowest BCUT2D eigenvalue weighted by Crippen LogP contribution is -2.16. The lowest BCUT2D eigenvalue weighted by atomic mass is 10.1. The Morgan fingerprint density at radius 2 is 1.80 bits per heavy atom. The number of aromatic amines is 1. The molecule has 4 aromatic rings. The molecular weight excluding hydrogens is 450 g/mol. The van der Waals surface area contributed by atoms with E-state index in [-0.39, 0.29) is 12.2 Å². The highest BCUT2D eigenvalue weighted by atomic mass is 19.3. The first-order valence-corrected chi connectivity index (χ1v) is 12.2. The number of nitrogens with one attached hydrogen (secondary N) is 1. The molecule has 0 saturated carbocycles. The van der Waals surface area contributed by atoms with E-state index in [4.69, 9.17) is 0 Å². The van der Waals surface area contributed by atoms with Crippen LogP contribution in [0.5, 0.6) is 0 Å². The SMILES string of the molecule is CCCCc1nc(C(F)(F)CCC)nn1Cc1ccc(-n2c(-c3nnn[nH]3)ccc2C(C)C)cc1. The summed E-state index contributed by atoms with van der Waals surface area (Å²) in [6.07, 6.45) is 2.58. The van der Waals surface area contributed by atoms with Gasteiger partial charge in [-0.05, 0) is 59.0 Å². The Hall–Kier alpha value is -3.43. The number of alkyl halides is 2. The highest BCUT2D eigenvalue weighted by Gasteiger charge is 2.36. The van der Waals surface area contributed by atoms with Gasteiger partial charge in [-0.15, -0.1) is 10.2 Å². The number of hydrogen-bond donors (Lipinski definition) is 1. The number of nitrogens with zero attached hydrogens (tertiary/aromatic N) is 7. The van der Waals surface area contributed by atoms with E-state index in [0.717, 1.165) is 35.5 Å². The minimum Gasteiger partial charge on any atom is -0.310 e. The van der Waals surface area contributed by atoms with Gasteiger partial charge in [0.2, 0.25) is 5.82 Å². The topological polar surface area (TPSA) is 90.1 Å². The molecule has 0 radical (unpaired) electrons. The molecule has 0 fully saturated rings. The molecular formula is C25H32F2N8. The molecule has 0 bridgehead atoms. The molecule has 0 unspecified atom stereocenters. The Bertz CT molecular complexity index is 1220. The Balaban J connectivity index is 1.64. The molecule has 35 heavy (non-hydrogen) atoms. The number of hydrogen-bond acceptors (Lipinski definition) is 5. The lowest BCUT2D eigenvalue weighted by Gasteiger charge is -2.15. The number of rotatable bonds is 11. The van der Waals surface area contributed by atoms with Gasteiger partial charge in [0.1, 0.15) is 5.82 Å². The number of aromatic nitrogens is 8. The number of unbranched alkanes of at least 4 members (excludes halogenated alkanes) is 1. The van der Waals surface area contributed by atoms with E-state index in [0.29, 0.717) is 37.0 Å².